The summed E-state index contributed by atoms with van der Waals surface area (Å²) in [5.74, 6) is -0.679. The van der Waals surface area contributed by atoms with E-state index in [4.69, 9.17) is 0 Å². The Kier molecular flexibility index (Phi) is 4.68. The maximum atomic E-state index is 12.9. The van der Waals surface area contributed by atoms with E-state index >= 15 is 0 Å². The summed E-state index contributed by atoms with van der Waals surface area (Å²) in [6.45, 7) is 1.97. The Balaban J connectivity index is 2.21. The van der Waals surface area contributed by atoms with Gasteiger partial charge in [0.1, 0.15) is 11.9 Å². The summed E-state index contributed by atoms with van der Waals surface area (Å²) in [5, 5.41) is 11.9. The number of nitrogens with one attached hydrogen (secondary N) is 1. The molecule has 0 spiro atoms. The van der Waals surface area contributed by atoms with E-state index in [0.717, 1.165) is 12.0 Å². The molecule has 2 aromatic rings. The molecule has 1 N–H and O–H groups in total. The minimum Gasteiger partial charge on any atom is -0.332 e. The quantitative estimate of drug-likeness (QED) is 0.934. The summed E-state index contributed by atoms with van der Waals surface area (Å²) >= 11 is 0. The van der Waals surface area contributed by atoms with Crippen molar-refractivity contribution in [2.45, 2.75) is 19.4 Å². The first-order chi connectivity index (χ1) is 10.2. The van der Waals surface area contributed by atoms with Crippen LogP contribution >= 0.6 is 0 Å². The largest absolute Gasteiger partial charge is 0.332 e. The molecule has 0 fully saturated rings. The Labute approximate surface area is 123 Å². The van der Waals surface area contributed by atoms with Crippen molar-refractivity contribution >= 4 is 5.91 Å². The number of carbonyl (C=O) groups excluding carboxylic acids is 1. The van der Waals surface area contributed by atoms with Crippen LogP contribution in [0.1, 0.15) is 34.5 Å². The minimum absolute atomic E-state index is 0.302. The first kappa shape index (κ1) is 14.7. The molecule has 0 saturated heterocycles. The molecular weight excluding hydrogens is 267 g/mol. The van der Waals surface area contributed by atoms with Crippen LogP contribution in [0.2, 0.25) is 0 Å². The molecule has 0 aliphatic carbocycles. The Morgan fingerprint density at radius 2 is 1.90 bits per heavy atom. The van der Waals surface area contributed by atoms with Gasteiger partial charge in [0.25, 0.3) is 5.91 Å². The van der Waals surface area contributed by atoms with Crippen molar-refractivity contribution in [1.82, 2.24) is 5.32 Å². The number of aryl methyl sites for hydroxylation is 1. The SMILES string of the molecule is CCc1ccccc1C(=O)N[C@H](C#N)c1ccc(F)cc1. The van der Waals surface area contributed by atoms with Gasteiger partial charge in [-0.05, 0) is 35.7 Å². The van der Waals surface area contributed by atoms with Gasteiger partial charge in [-0.15, -0.1) is 0 Å². The summed E-state index contributed by atoms with van der Waals surface area (Å²) in [5.41, 5.74) is 2.04. The zero-order valence-corrected chi connectivity index (χ0v) is 11.6. The lowest BCUT2D eigenvalue weighted by Crippen LogP contribution is -2.28. The van der Waals surface area contributed by atoms with Crippen LogP contribution in [0.4, 0.5) is 4.39 Å². The molecule has 2 aromatic carbocycles. The molecule has 0 aromatic heterocycles. The highest BCUT2D eigenvalue weighted by Gasteiger charge is 2.16. The van der Waals surface area contributed by atoms with Gasteiger partial charge in [0.15, 0.2) is 0 Å². The average Bonchev–Trinajstić information content (AvgIpc) is 2.53. The van der Waals surface area contributed by atoms with E-state index in [1.54, 1.807) is 12.1 Å². The van der Waals surface area contributed by atoms with Gasteiger partial charge in [-0.3, -0.25) is 4.79 Å². The Bertz CT molecular complexity index is 674. The third-order valence-corrected chi connectivity index (χ3v) is 3.25. The summed E-state index contributed by atoms with van der Waals surface area (Å²) in [6, 6.07) is 14.0. The van der Waals surface area contributed by atoms with Gasteiger partial charge in [-0.25, -0.2) is 4.39 Å². The van der Waals surface area contributed by atoms with Crippen LogP contribution in [0.3, 0.4) is 0 Å². The Hall–Kier alpha value is -2.67. The van der Waals surface area contributed by atoms with Gasteiger partial charge in [-0.2, -0.15) is 5.26 Å². The summed E-state index contributed by atoms with van der Waals surface area (Å²) in [6.07, 6.45) is 0.733. The first-order valence-electron chi connectivity index (χ1n) is 6.69. The van der Waals surface area contributed by atoms with E-state index in [1.807, 2.05) is 25.1 Å². The molecule has 4 heteroatoms. The van der Waals surface area contributed by atoms with Crippen molar-refractivity contribution in [2.75, 3.05) is 0 Å². The summed E-state index contributed by atoms with van der Waals surface area (Å²) in [4.78, 5) is 12.3. The minimum atomic E-state index is -0.803. The molecule has 21 heavy (non-hydrogen) atoms. The topological polar surface area (TPSA) is 52.9 Å². The molecule has 0 saturated carbocycles. The fourth-order valence-corrected chi connectivity index (χ4v) is 2.10. The zero-order chi connectivity index (χ0) is 15.2. The maximum Gasteiger partial charge on any atom is 0.252 e. The Morgan fingerprint density at radius 1 is 1.24 bits per heavy atom. The molecule has 3 nitrogen and oxygen atoms in total. The van der Waals surface area contributed by atoms with E-state index < -0.39 is 6.04 Å². The van der Waals surface area contributed by atoms with Crippen LogP contribution in [0.25, 0.3) is 0 Å². The summed E-state index contributed by atoms with van der Waals surface area (Å²) in [7, 11) is 0. The van der Waals surface area contributed by atoms with E-state index in [9.17, 15) is 14.4 Å². The second-order valence-corrected chi connectivity index (χ2v) is 4.60. The van der Waals surface area contributed by atoms with Crippen LogP contribution in [0.15, 0.2) is 48.5 Å². The zero-order valence-electron chi connectivity index (χ0n) is 11.6. The molecule has 106 valence electrons. The molecule has 0 aliphatic heterocycles. The molecular formula is C17H15FN2O. The van der Waals surface area contributed by atoms with E-state index in [-0.39, 0.29) is 11.7 Å². The second-order valence-electron chi connectivity index (χ2n) is 4.60. The van der Waals surface area contributed by atoms with Gasteiger partial charge >= 0.3 is 0 Å². The predicted molar refractivity (Wildman–Crippen MR) is 78.0 cm³/mol. The lowest BCUT2D eigenvalue weighted by atomic mass is 10.0. The molecule has 0 radical (unpaired) electrons. The number of rotatable bonds is 4. The Morgan fingerprint density at radius 3 is 2.52 bits per heavy atom. The predicted octanol–water partition coefficient (Wildman–Crippen LogP) is 3.38. The normalized spacial score (nSPS) is 11.5. The van der Waals surface area contributed by atoms with Gasteiger partial charge in [-0.1, -0.05) is 37.3 Å². The van der Waals surface area contributed by atoms with Crippen molar-refractivity contribution in [3.63, 3.8) is 0 Å². The average molecular weight is 282 g/mol. The van der Waals surface area contributed by atoms with E-state index in [0.29, 0.717) is 11.1 Å². The first-order valence-corrected chi connectivity index (χ1v) is 6.69. The number of nitrogens with zero attached hydrogens (tertiary/aromatic N) is 1. The molecule has 0 heterocycles. The van der Waals surface area contributed by atoms with Crippen molar-refractivity contribution in [3.05, 3.63) is 71.0 Å². The van der Waals surface area contributed by atoms with Gasteiger partial charge in [0.2, 0.25) is 0 Å². The molecule has 0 aliphatic rings. The van der Waals surface area contributed by atoms with Crippen molar-refractivity contribution in [2.24, 2.45) is 0 Å². The molecule has 1 atom stereocenters. The van der Waals surface area contributed by atoms with Gasteiger partial charge in [0.05, 0.1) is 6.07 Å². The lowest BCUT2D eigenvalue weighted by molar-refractivity contribution is 0.0944. The number of halogens is 1. The number of benzene rings is 2. The molecule has 1 amide bonds. The lowest BCUT2D eigenvalue weighted by Gasteiger charge is -2.13. The van der Waals surface area contributed by atoms with Crippen LogP contribution in [0, 0.1) is 17.1 Å². The highest BCUT2D eigenvalue weighted by atomic mass is 19.1. The fraction of sp³-hybridized carbons (Fsp3) is 0.176. The standard InChI is InChI=1S/C17H15FN2O/c1-2-12-5-3-4-6-15(12)17(21)20-16(11-19)13-7-9-14(18)10-8-13/h3-10,16H,2H2,1H3,(H,20,21)/t16-/m1/s1. The van der Waals surface area contributed by atoms with Crippen molar-refractivity contribution in [1.29, 1.82) is 5.26 Å². The van der Waals surface area contributed by atoms with Crippen molar-refractivity contribution in [3.8, 4) is 6.07 Å². The van der Waals surface area contributed by atoms with Crippen LogP contribution in [0.5, 0.6) is 0 Å². The fourth-order valence-electron chi connectivity index (χ4n) is 2.10. The maximum absolute atomic E-state index is 12.9. The van der Waals surface area contributed by atoms with Crippen LogP contribution < -0.4 is 5.32 Å². The monoisotopic (exact) mass is 282 g/mol. The third kappa shape index (κ3) is 3.46. The van der Waals surface area contributed by atoms with Crippen molar-refractivity contribution < 1.29 is 9.18 Å². The highest BCUT2D eigenvalue weighted by molar-refractivity contribution is 5.96. The van der Waals surface area contributed by atoms with E-state index in [2.05, 4.69) is 5.32 Å². The molecule has 0 unspecified atom stereocenters. The molecule has 0 bridgehead atoms. The van der Waals surface area contributed by atoms with Crippen LogP contribution in [-0.4, -0.2) is 5.91 Å². The smallest absolute Gasteiger partial charge is 0.252 e. The van der Waals surface area contributed by atoms with Gasteiger partial charge in [0, 0.05) is 5.56 Å². The van der Waals surface area contributed by atoms with Gasteiger partial charge < -0.3 is 5.32 Å². The number of hydrogen-bond acceptors (Lipinski definition) is 2. The number of hydrogen-bond donors (Lipinski definition) is 1. The van der Waals surface area contributed by atoms with Crippen LogP contribution in [-0.2, 0) is 6.42 Å². The number of carbonyl (C=O) groups is 1. The molecule has 2 rings (SSSR count). The summed E-state index contributed by atoms with van der Waals surface area (Å²) < 4.78 is 12.9. The number of amides is 1. The van der Waals surface area contributed by atoms with E-state index in [1.165, 1.54) is 24.3 Å². The number of nitriles is 1. The second kappa shape index (κ2) is 6.67. The highest BCUT2D eigenvalue weighted by Crippen LogP contribution is 2.15. The third-order valence-electron chi connectivity index (χ3n) is 3.25.